The van der Waals surface area contributed by atoms with Crippen molar-refractivity contribution >= 4 is 5.71 Å². The first kappa shape index (κ1) is 6.40. The molecule has 2 rings (SSSR count). The third-order valence-electron chi connectivity index (χ3n) is 2.01. The zero-order valence-electron chi connectivity index (χ0n) is 6.04. The highest BCUT2D eigenvalue weighted by atomic mass is 16.4. The van der Waals surface area contributed by atoms with E-state index >= 15 is 0 Å². The van der Waals surface area contributed by atoms with Crippen LogP contribution in [0.1, 0.15) is 17.5 Å². The third kappa shape index (κ3) is 0.909. The van der Waals surface area contributed by atoms with Crippen LogP contribution in [-0.2, 0) is 6.42 Å². The Bertz CT molecular complexity index is 304. The number of nitrogens with zero attached hydrogens (tertiary/aromatic N) is 1. The topological polar surface area (TPSA) is 32.6 Å². The van der Waals surface area contributed by atoms with Crippen LogP contribution in [-0.4, -0.2) is 10.9 Å². The molecule has 0 aliphatic heterocycles. The van der Waals surface area contributed by atoms with E-state index in [0.29, 0.717) is 0 Å². The van der Waals surface area contributed by atoms with Gasteiger partial charge < -0.3 is 5.21 Å². The van der Waals surface area contributed by atoms with Gasteiger partial charge in [0.1, 0.15) is 0 Å². The summed E-state index contributed by atoms with van der Waals surface area (Å²) in [5, 5.41) is 11.8. The highest BCUT2D eigenvalue weighted by Gasteiger charge is 2.16. The molecule has 2 nitrogen and oxygen atoms in total. The smallest absolute Gasteiger partial charge is 0.0873 e. The zero-order chi connectivity index (χ0) is 7.68. The van der Waals surface area contributed by atoms with Gasteiger partial charge in [0.15, 0.2) is 0 Å². The van der Waals surface area contributed by atoms with Crippen LogP contribution >= 0.6 is 0 Å². The summed E-state index contributed by atoms with van der Waals surface area (Å²) in [6.45, 7) is 0. The van der Waals surface area contributed by atoms with Gasteiger partial charge in [0.2, 0.25) is 0 Å². The zero-order valence-corrected chi connectivity index (χ0v) is 6.04. The molecule has 0 heterocycles. The molecule has 1 radical (unpaired) electrons. The average molecular weight is 146 g/mol. The number of hydrogen-bond donors (Lipinski definition) is 1. The van der Waals surface area contributed by atoms with Gasteiger partial charge in [-0.15, -0.1) is 0 Å². The minimum absolute atomic E-state index is 0.800. The Morgan fingerprint density at radius 2 is 2.36 bits per heavy atom. The molecule has 0 saturated heterocycles. The van der Waals surface area contributed by atoms with Crippen molar-refractivity contribution in [1.29, 1.82) is 0 Å². The highest BCUT2D eigenvalue weighted by Crippen LogP contribution is 2.21. The standard InChI is InChI=1S/C9H8NO/c11-10-9-6-5-7-3-1-2-4-8(7)9/h2-4,11H,5-6H2. The molecule has 0 unspecified atom stereocenters. The van der Waals surface area contributed by atoms with Crippen molar-refractivity contribution in [3.05, 3.63) is 35.4 Å². The monoisotopic (exact) mass is 146 g/mol. The van der Waals surface area contributed by atoms with E-state index in [1.165, 1.54) is 5.56 Å². The average Bonchev–Trinajstić information content (AvgIpc) is 2.47. The van der Waals surface area contributed by atoms with Crippen LogP contribution < -0.4 is 0 Å². The minimum atomic E-state index is 0.800. The fraction of sp³-hybridized carbons (Fsp3) is 0.222. The molecule has 1 aromatic rings. The minimum Gasteiger partial charge on any atom is -0.411 e. The Balaban J connectivity index is 2.55. The fourth-order valence-electron chi connectivity index (χ4n) is 1.44. The van der Waals surface area contributed by atoms with Crippen molar-refractivity contribution in [2.24, 2.45) is 5.16 Å². The van der Waals surface area contributed by atoms with E-state index in [9.17, 15) is 0 Å². The Kier molecular flexibility index (Phi) is 1.39. The molecule has 1 aliphatic carbocycles. The van der Waals surface area contributed by atoms with Gasteiger partial charge in [0, 0.05) is 5.56 Å². The maximum absolute atomic E-state index is 8.59. The molecule has 0 fully saturated rings. The van der Waals surface area contributed by atoms with Gasteiger partial charge in [-0.05, 0) is 24.5 Å². The summed E-state index contributed by atoms with van der Waals surface area (Å²) in [4.78, 5) is 0. The second kappa shape index (κ2) is 2.38. The van der Waals surface area contributed by atoms with Crippen LogP contribution in [0.3, 0.4) is 0 Å². The molecule has 2 heteroatoms. The van der Waals surface area contributed by atoms with Crippen LogP contribution in [0.25, 0.3) is 0 Å². The largest absolute Gasteiger partial charge is 0.411 e. The molecule has 0 atom stereocenters. The molecular formula is C9H8NO. The number of rotatable bonds is 0. The molecule has 0 aromatic heterocycles. The van der Waals surface area contributed by atoms with E-state index in [4.69, 9.17) is 5.21 Å². The van der Waals surface area contributed by atoms with Crippen LogP contribution in [0.5, 0.6) is 0 Å². The van der Waals surface area contributed by atoms with Gasteiger partial charge in [-0.25, -0.2) is 0 Å². The number of aryl methyl sites for hydroxylation is 1. The molecule has 0 amide bonds. The van der Waals surface area contributed by atoms with Crippen molar-refractivity contribution < 1.29 is 5.21 Å². The molecule has 55 valence electrons. The van der Waals surface area contributed by atoms with Crippen LogP contribution in [0.4, 0.5) is 0 Å². The second-order valence-corrected chi connectivity index (χ2v) is 2.63. The molecular weight excluding hydrogens is 138 g/mol. The lowest BCUT2D eigenvalue weighted by Crippen LogP contribution is -1.92. The van der Waals surface area contributed by atoms with E-state index < -0.39 is 0 Å². The maximum atomic E-state index is 8.59. The van der Waals surface area contributed by atoms with Crippen molar-refractivity contribution in [3.63, 3.8) is 0 Å². The van der Waals surface area contributed by atoms with Crippen LogP contribution in [0.2, 0.25) is 0 Å². The number of oxime groups is 1. The summed E-state index contributed by atoms with van der Waals surface area (Å²) < 4.78 is 0. The van der Waals surface area contributed by atoms with Crippen molar-refractivity contribution in [3.8, 4) is 0 Å². The molecule has 0 saturated carbocycles. The molecule has 1 aromatic carbocycles. The van der Waals surface area contributed by atoms with Gasteiger partial charge in [-0.1, -0.05) is 23.4 Å². The number of benzene rings is 1. The lowest BCUT2D eigenvalue weighted by Gasteiger charge is -1.94. The summed E-state index contributed by atoms with van der Waals surface area (Å²) in [5.74, 6) is 0. The summed E-state index contributed by atoms with van der Waals surface area (Å²) >= 11 is 0. The van der Waals surface area contributed by atoms with E-state index in [0.717, 1.165) is 24.1 Å². The van der Waals surface area contributed by atoms with E-state index in [1.807, 2.05) is 18.2 Å². The fourth-order valence-corrected chi connectivity index (χ4v) is 1.44. The predicted molar refractivity (Wildman–Crippen MR) is 41.9 cm³/mol. The molecule has 0 spiro atoms. The summed E-state index contributed by atoms with van der Waals surface area (Å²) in [5.41, 5.74) is 3.11. The van der Waals surface area contributed by atoms with E-state index in [1.54, 1.807) is 0 Å². The summed E-state index contributed by atoms with van der Waals surface area (Å²) in [6.07, 6.45) is 1.83. The first-order valence-corrected chi connectivity index (χ1v) is 3.62. The van der Waals surface area contributed by atoms with E-state index in [-0.39, 0.29) is 0 Å². The number of hydrogen-bond acceptors (Lipinski definition) is 2. The van der Waals surface area contributed by atoms with Crippen molar-refractivity contribution in [2.75, 3.05) is 0 Å². The number of fused-ring (bicyclic) bond motifs is 1. The first-order chi connectivity index (χ1) is 5.42. The first-order valence-electron chi connectivity index (χ1n) is 3.62. The van der Waals surface area contributed by atoms with E-state index in [2.05, 4.69) is 11.2 Å². The molecule has 1 N–H and O–H groups in total. The molecule has 1 aliphatic rings. The van der Waals surface area contributed by atoms with Gasteiger partial charge in [-0.2, -0.15) is 0 Å². The Morgan fingerprint density at radius 3 is 3.18 bits per heavy atom. The quantitative estimate of drug-likeness (QED) is 0.437. The maximum Gasteiger partial charge on any atom is 0.0873 e. The van der Waals surface area contributed by atoms with Gasteiger partial charge >= 0.3 is 0 Å². The van der Waals surface area contributed by atoms with Crippen LogP contribution in [0, 0.1) is 6.07 Å². The molecule has 11 heavy (non-hydrogen) atoms. The van der Waals surface area contributed by atoms with Gasteiger partial charge in [0.05, 0.1) is 5.71 Å². The summed E-state index contributed by atoms with van der Waals surface area (Å²) in [6, 6.07) is 8.74. The van der Waals surface area contributed by atoms with Crippen molar-refractivity contribution in [1.82, 2.24) is 0 Å². The normalized spacial score (nSPS) is 18.7. The van der Waals surface area contributed by atoms with Gasteiger partial charge in [-0.3, -0.25) is 0 Å². The van der Waals surface area contributed by atoms with Gasteiger partial charge in [0.25, 0.3) is 0 Å². The Morgan fingerprint density at radius 1 is 1.45 bits per heavy atom. The lowest BCUT2D eigenvalue weighted by atomic mass is 10.1. The lowest BCUT2D eigenvalue weighted by molar-refractivity contribution is 0.318. The predicted octanol–water partition coefficient (Wildman–Crippen LogP) is 1.61. The third-order valence-corrected chi connectivity index (χ3v) is 2.01. The second-order valence-electron chi connectivity index (χ2n) is 2.63. The van der Waals surface area contributed by atoms with Crippen molar-refractivity contribution in [2.45, 2.75) is 12.8 Å². The Hall–Kier alpha value is -1.31. The Labute approximate surface area is 65.2 Å². The highest BCUT2D eigenvalue weighted by molar-refractivity contribution is 6.04. The summed E-state index contributed by atoms with van der Waals surface area (Å²) in [7, 11) is 0. The van der Waals surface area contributed by atoms with Crippen LogP contribution in [0.15, 0.2) is 23.4 Å². The SMILES string of the molecule is ON=C1CCc2c[c]ccc21. The molecule has 0 bridgehead atoms.